The van der Waals surface area contributed by atoms with E-state index in [1.807, 2.05) is 0 Å². The molecule has 0 bridgehead atoms. The number of rotatable bonds is 4. The molecule has 2 unspecified atom stereocenters. The predicted molar refractivity (Wildman–Crippen MR) is 81.4 cm³/mol. The minimum atomic E-state index is 0.822. The minimum absolute atomic E-state index is 0.822. The van der Waals surface area contributed by atoms with E-state index in [0.717, 1.165) is 23.9 Å². The lowest BCUT2D eigenvalue weighted by Gasteiger charge is -2.36. The van der Waals surface area contributed by atoms with Crippen LogP contribution in [0.15, 0.2) is 0 Å². The first-order valence-corrected chi connectivity index (χ1v) is 8.82. The standard InChI is InChI=1S/C17H32N2/c1-2-14-5-7-15(8-6-14)13-18-16-9-11-19-10-3-4-17(19)12-16/h14-18H,2-13H2,1H3. The van der Waals surface area contributed by atoms with Gasteiger partial charge in [0.2, 0.25) is 0 Å². The summed E-state index contributed by atoms with van der Waals surface area (Å²) in [6, 6.07) is 1.74. The average Bonchev–Trinajstić information content (AvgIpc) is 2.93. The molecule has 110 valence electrons. The van der Waals surface area contributed by atoms with Crippen LogP contribution >= 0.6 is 0 Å². The van der Waals surface area contributed by atoms with E-state index in [1.165, 1.54) is 77.4 Å². The molecule has 19 heavy (non-hydrogen) atoms. The van der Waals surface area contributed by atoms with Crippen LogP contribution in [0.3, 0.4) is 0 Å². The van der Waals surface area contributed by atoms with Crippen molar-refractivity contribution in [3.8, 4) is 0 Å². The lowest BCUT2D eigenvalue weighted by Crippen LogP contribution is -2.46. The van der Waals surface area contributed by atoms with Crippen LogP contribution in [0.1, 0.15) is 64.7 Å². The summed E-state index contributed by atoms with van der Waals surface area (Å²) in [6.45, 7) is 6.38. The molecule has 2 heterocycles. The van der Waals surface area contributed by atoms with Gasteiger partial charge in [-0.05, 0) is 70.0 Å². The highest BCUT2D eigenvalue weighted by molar-refractivity contribution is 4.89. The topological polar surface area (TPSA) is 15.3 Å². The minimum Gasteiger partial charge on any atom is -0.314 e. The fourth-order valence-corrected chi connectivity index (χ4v) is 4.59. The summed E-state index contributed by atoms with van der Waals surface area (Å²) in [7, 11) is 0. The number of hydrogen-bond acceptors (Lipinski definition) is 2. The van der Waals surface area contributed by atoms with Crippen molar-refractivity contribution in [2.24, 2.45) is 11.8 Å². The van der Waals surface area contributed by atoms with Crippen LogP contribution < -0.4 is 5.32 Å². The second-order valence-corrected chi connectivity index (χ2v) is 7.26. The number of fused-ring (bicyclic) bond motifs is 1. The molecule has 0 aromatic rings. The summed E-state index contributed by atoms with van der Waals surface area (Å²) in [5, 5.41) is 3.91. The van der Waals surface area contributed by atoms with Gasteiger partial charge in [-0.15, -0.1) is 0 Å². The Balaban J connectivity index is 1.36. The summed E-state index contributed by atoms with van der Waals surface area (Å²) in [5.41, 5.74) is 0. The fourth-order valence-electron chi connectivity index (χ4n) is 4.59. The van der Waals surface area contributed by atoms with Gasteiger partial charge >= 0.3 is 0 Å². The van der Waals surface area contributed by atoms with Crippen LogP contribution in [-0.4, -0.2) is 36.6 Å². The van der Waals surface area contributed by atoms with E-state index >= 15 is 0 Å². The van der Waals surface area contributed by atoms with Gasteiger partial charge < -0.3 is 10.2 Å². The van der Waals surface area contributed by atoms with Gasteiger partial charge in [-0.25, -0.2) is 0 Å². The molecule has 0 aromatic carbocycles. The second-order valence-electron chi connectivity index (χ2n) is 7.26. The largest absolute Gasteiger partial charge is 0.314 e. The molecule has 0 spiro atoms. The maximum atomic E-state index is 3.91. The molecule has 3 aliphatic rings. The molecule has 2 nitrogen and oxygen atoms in total. The molecule has 1 N–H and O–H groups in total. The van der Waals surface area contributed by atoms with Gasteiger partial charge in [0.25, 0.3) is 0 Å². The Morgan fingerprint density at radius 1 is 0.947 bits per heavy atom. The number of nitrogens with one attached hydrogen (secondary N) is 1. The Labute approximate surface area is 119 Å². The van der Waals surface area contributed by atoms with Crippen LogP contribution in [0.4, 0.5) is 0 Å². The fraction of sp³-hybridized carbons (Fsp3) is 1.00. The zero-order chi connectivity index (χ0) is 13.1. The van der Waals surface area contributed by atoms with Crippen molar-refractivity contribution in [2.75, 3.05) is 19.6 Å². The Morgan fingerprint density at radius 3 is 2.53 bits per heavy atom. The third-order valence-electron chi connectivity index (χ3n) is 6.06. The molecular weight excluding hydrogens is 232 g/mol. The zero-order valence-electron chi connectivity index (χ0n) is 12.7. The van der Waals surface area contributed by atoms with Crippen LogP contribution in [0.2, 0.25) is 0 Å². The molecular formula is C17H32N2. The molecule has 0 radical (unpaired) electrons. The number of nitrogens with zero attached hydrogens (tertiary/aromatic N) is 1. The van der Waals surface area contributed by atoms with Gasteiger partial charge in [0.15, 0.2) is 0 Å². The van der Waals surface area contributed by atoms with Crippen molar-refractivity contribution in [2.45, 2.75) is 76.8 Å². The number of piperidine rings is 1. The van der Waals surface area contributed by atoms with Gasteiger partial charge in [0.05, 0.1) is 0 Å². The van der Waals surface area contributed by atoms with E-state index in [1.54, 1.807) is 0 Å². The lowest BCUT2D eigenvalue weighted by atomic mass is 9.80. The zero-order valence-corrected chi connectivity index (χ0v) is 12.7. The van der Waals surface area contributed by atoms with E-state index in [0.29, 0.717) is 0 Å². The molecule has 2 heteroatoms. The van der Waals surface area contributed by atoms with Gasteiger partial charge in [0.1, 0.15) is 0 Å². The van der Waals surface area contributed by atoms with Crippen LogP contribution in [0.5, 0.6) is 0 Å². The molecule has 3 rings (SSSR count). The first kappa shape index (κ1) is 13.9. The van der Waals surface area contributed by atoms with Crippen LogP contribution in [0.25, 0.3) is 0 Å². The summed E-state index contributed by atoms with van der Waals surface area (Å²) in [4.78, 5) is 2.73. The number of hydrogen-bond donors (Lipinski definition) is 1. The summed E-state index contributed by atoms with van der Waals surface area (Å²) < 4.78 is 0. The van der Waals surface area contributed by atoms with E-state index in [-0.39, 0.29) is 0 Å². The Bertz CT molecular complexity index is 270. The molecule has 2 atom stereocenters. The smallest absolute Gasteiger partial charge is 0.0111 e. The van der Waals surface area contributed by atoms with E-state index in [2.05, 4.69) is 17.1 Å². The maximum absolute atomic E-state index is 3.91. The van der Waals surface area contributed by atoms with Crippen molar-refractivity contribution in [1.29, 1.82) is 0 Å². The van der Waals surface area contributed by atoms with E-state index < -0.39 is 0 Å². The van der Waals surface area contributed by atoms with Gasteiger partial charge in [-0.3, -0.25) is 0 Å². The highest BCUT2D eigenvalue weighted by Gasteiger charge is 2.31. The van der Waals surface area contributed by atoms with Crippen molar-refractivity contribution in [3.05, 3.63) is 0 Å². The molecule has 0 aromatic heterocycles. The van der Waals surface area contributed by atoms with Crippen molar-refractivity contribution < 1.29 is 0 Å². The van der Waals surface area contributed by atoms with Crippen molar-refractivity contribution >= 4 is 0 Å². The average molecular weight is 264 g/mol. The molecule has 1 aliphatic carbocycles. The Hall–Kier alpha value is -0.0800. The molecule has 0 amide bonds. The van der Waals surface area contributed by atoms with Crippen LogP contribution in [0, 0.1) is 11.8 Å². The monoisotopic (exact) mass is 264 g/mol. The van der Waals surface area contributed by atoms with Crippen molar-refractivity contribution in [3.63, 3.8) is 0 Å². The third-order valence-corrected chi connectivity index (χ3v) is 6.06. The summed E-state index contributed by atoms with van der Waals surface area (Å²) >= 11 is 0. The van der Waals surface area contributed by atoms with Crippen LogP contribution in [-0.2, 0) is 0 Å². The second kappa shape index (κ2) is 6.58. The Morgan fingerprint density at radius 2 is 1.74 bits per heavy atom. The van der Waals surface area contributed by atoms with E-state index in [9.17, 15) is 0 Å². The van der Waals surface area contributed by atoms with Gasteiger partial charge in [0, 0.05) is 12.1 Å². The first-order valence-electron chi connectivity index (χ1n) is 8.82. The summed E-state index contributed by atoms with van der Waals surface area (Å²) in [6.07, 6.45) is 13.1. The summed E-state index contributed by atoms with van der Waals surface area (Å²) in [5.74, 6) is 2.02. The predicted octanol–water partition coefficient (Wildman–Crippen LogP) is 3.42. The highest BCUT2D eigenvalue weighted by atomic mass is 15.2. The molecule has 3 fully saturated rings. The van der Waals surface area contributed by atoms with Gasteiger partial charge in [-0.1, -0.05) is 26.2 Å². The molecule has 1 saturated carbocycles. The Kier molecular flexibility index (Phi) is 4.81. The van der Waals surface area contributed by atoms with E-state index in [4.69, 9.17) is 0 Å². The lowest BCUT2D eigenvalue weighted by molar-refractivity contribution is 0.160. The quantitative estimate of drug-likeness (QED) is 0.837. The third kappa shape index (κ3) is 3.52. The first-order chi connectivity index (χ1) is 9.35. The molecule has 2 aliphatic heterocycles. The molecule has 2 saturated heterocycles. The maximum Gasteiger partial charge on any atom is 0.0111 e. The van der Waals surface area contributed by atoms with Crippen molar-refractivity contribution in [1.82, 2.24) is 10.2 Å². The SMILES string of the molecule is CCC1CCC(CNC2CCN3CCCC3C2)CC1. The highest BCUT2D eigenvalue weighted by Crippen LogP contribution is 2.31. The van der Waals surface area contributed by atoms with Gasteiger partial charge in [-0.2, -0.15) is 0 Å². The normalized spacial score (nSPS) is 40.3.